The quantitative estimate of drug-likeness (QED) is 0.510. The zero-order valence-electron chi connectivity index (χ0n) is 16.4. The average Bonchev–Trinajstić information content (AvgIpc) is 2.71. The van der Waals surface area contributed by atoms with E-state index in [0.717, 1.165) is 5.56 Å². The molecule has 1 aliphatic rings. The van der Waals surface area contributed by atoms with Gasteiger partial charge in [-0.25, -0.2) is 0 Å². The summed E-state index contributed by atoms with van der Waals surface area (Å²) in [6, 6.07) is 13.3. The highest BCUT2D eigenvalue weighted by Crippen LogP contribution is 2.31. The highest BCUT2D eigenvalue weighted by Gasteiger charge is 2.34. The van der Waals surface area contributed by atoms with Gasteiger partial charge in [-0.15, -0.1) is 13.2 Å². The number of aliphatic hydroxyl groups excluding tert-OH is 1. The fourth-order valence-electron chi connectivity index (χ4n) is 3.74. The second-order valence-electron chi connectivity index (χ2n) is 7.21. The summed E-state index contributed by atoms with van der Waals surface area (Å²) < 4.78 is 47.0. The number of rotatable bonds is 7. The molecule has 6 nitrogen and oxygen atoms in total. The van der Waals surface area contributed by atoms with Gasteiger partial charge in [0.15, 0.2) is 6.29 Å². The first-order valence-corrected chi connectivity index (χ1v) is 9.57. The van der Waals surface area contributed by atoms with Crippen LogP contribution >= 0.6 is 0 Å². The van der Waals surface area contributed by atoms with Gasteiger partial charge in [0, 0.05) is 36.7 Å². The molecular formula is C21H25F3N2O4. The van der Waals surface area contributed by atoms with Crippen LogP contribution in [0.5, 0.6) is 11.5 Å². The molecule has 1 aliphatic heterocycles. The summed E-state index contributed by atoms with van der Waals surface area (Å²) in [7, 11) is 1.44. The zero-order chi connectivity index (χ0) is 21.7. The summed E-state index contributed by atoms with van der Waals surface area (Å²) in [6.07, 6.45) is -5.77. The Morgan fingerprint density at radius 1 is 1.17 bits per heavy atom. The summed E-state index contributed by atoms with van der Waals surface area (Å²) in [6.45, 7) is 0.649. The molecule has 0 spiro atoms. The Labute approximate surface area is 172 Å². The van der Waals surface area contributed by atoms with Crippen molar-refractivity contribution in [3.05, 3.63) is 59.7 Å². The van der Waals surface area contributed by atoms with E-state index in [1.54, 1.807) is 0 Å². The van der Waals surface area contributed by atoms with Crippen molar-refractivity contribution in [1.82, 2.24) is 10.6 Å². The van der Waals surface area contributed by atoms with E-state index in [-0.39, 0.29) is 30.3 Å². The number of hydrogen-bond donors (Lipinski definition) is 4. The number of benzene rings is 2. The van der Waals surface area contributed by atoms with Crippen molar-refractivity contribution < 1.29 is 32.9 Å². The second kappa shape index (κ2) is 9.65. The predicted octanol–water partition coefficient (Wildman–Crippen LogP) is 2.71. The molecule has 1 saturated heterocycles. The fraction of sp³-hybridized carbons (Fsp3) is 0.429. The molecule has 164 valence electrons. The van der Waals surface area contributed by atoms with Gasteiger partial charge < -0.3 is 30.3 Å². The van der Waals surface area contributed by atoms with Crippen LogP contribution in [-0.2, 0) is 6.54 Å². The summed E-state index contributed by atoms with van der Waals surface area (Å²) in [4.78, 5) is 0. The Hall–Kier alpha value is -2.33. The molecule has 3 atom stereocenters. The van der Waals surface area contributed by atoms with Crippen molar-refractivity contribution in [2.75, 3.05) is 13.7 Å². The molecule has 0 aromatic heterocycles. The smallest absolute Gasteiger partial charge is 0.496 e. The van der Waals surface area contributed by atoms with Crippen LogP contribution in [0.2, 0.25) is 0 Å². The monoisotopic (exact) mass is 426 g/mol. The zero-order valence-corrected chi connectivity index (χ0v) is 16.4. The molecule has 30 heavy (non-hydrogen) atoms. The molecule has 2 aromatic rings. The number of aliphatic hydroxyl groups is 2. The van der Waals surface area contributed by atoms with Crippen LogP contribution in [-0.4, -0.2) is 42.6 Å². The number of halogens is 3. The first kappa shape index (κ1) is 22.4. The van der Waals surface area contributed by atoms with E-state index < -0.39 is 12.7 Å². The van der Waals surface area contributed by atoms with Gasteiger partial charge in [-0.05, 0) is 30.2 Å². The minimum Gasteiger partial charge on any atom is -0.496 e. The number of alkyl halides is 3. The van der Waals surface area contributed by atoms with Crippen molar-refractivity contribution in [1.29, 1.82) is 0 Å². The molecule has 0 saturated carbocycles. The third-order valence-corrected chi connectivity index (χ3v) is 5.18. The van der Waals surface area contributed by atoms with E-state index in [9.17, 15) is 23.4 Å². The number of ether oxygens (including phenoxy) is 2. The Morgan fingerprint density at radius 2 is 1.90 bits per heavy atom. The first-order chi connectivity index (χ1) is 14.3. The summed E-state index contributed by atoms with van der Waals surface area (Å²) in [5, 5.41) is 25.9. The average molecular weight is 426 g/mol. The summed E-state index contributed by atoms with van der Waals surface area (Å²) in [5.41, 5.74) is 1.53. The van der Waals surface area contributed by atoms with Crippen LogP contribution in [0.25, 0.3) is 0 Å². The van der Waals surface area contributed by atoms with Crippen LogP contribution in [0.15, 0.2) is 48.5 Å². The Morgan fingerprint density at radius 3 is 2.53 bits per heavy atom. The highest BCUT2D eigenvalue weighted by molar-refractivity contribution is 5.40. The second-order valence-corrected chi connectivity index (χ2v) is 7.21. The van der Waals surface area contributed by atoms with Crippen molar-refractivity contribution in [3.63, 3.8) is 0 Å². The maximum Gasteiger partial charge on any atom is 0.573 e. The van der Waals surface area contributed by atoms with Crippen molar-refractivity contribution in [2.24, 2.45) is 5.92 Å². The Balaban J connectivity index is 1.78. The van der Waals surface area contributed by atoms with Crippen LogP contribution < -0.4 is 20.1 Å². The topological polar surface area (TPSA) is 83.0 Å². The third-order valence-electron chi connectivity index (χ3n) is 5.18. The van der Waals surface area contributed by atoms with E-state index in [4.69, 9.17) is 4.74 Å². The predicted molar refractivity (Wildman–Crippen MR) is 104 cm³/mol. The lowest BCUT2D eigenvalue weighted by Gasteiger charge is -2.38. The van der Waals surface area contributed by atoms with Crippen LogP contribution in [0.1, 0.15) is 23.6 Å². The lowest BCUT2D eigenvalue weighted by molar-refractivity contribution is -0.274. The molecule has 3 rings (SSSR count). The molecule has 0 radical (unpaired) electrons. The maximum atomic E-state index is 12.6. The van der Waals surface area contributed by atoms with Crippen LogP contribution in [0.3, 0.4) is 0 Å². The lowest BCUT2D eigenvalue weighted by atomic mass is 9.86. The van der Waals surface area contributed by atoms with Crippen molar-refractivity contribution >= 4 is 0 Å². The van der Waals surface area contributed by atoms with Gasteiger partial charge in [0.2, 0.25) is 0 Å². The summed E-state index contributed by atoms with van der Waals surface area (Å²) >= 11 is 0. The van der Waals surface area contributed by atoms with Gasteiger partial charge in [-0.1, -0.05) is 30.3 Å². The molecular weight excluding hydrogens is 401 g/mol. The van der Waals surface area contributed by atoms with Crippen molar-refractivity contribution in [2.45, 2.75) is 37.7 Å². The standard InChI is InChI=1S/C21H25F3N2O4/c1-29-18-8-7-16(30-21(22,23)24)9-14(18)11-25-17-10-15(20(27)28)12-26-19(17)13-5-3-2-4-6-13/h2-9,15,17,19-20,25-28H,10-12H2,1H3. The minimum absolute atomic E-state index is 0.0956. The Bertz CT molecular complexity index is 818. The number of methoxy groups -OCH3 is 1. The van der Waals surface area contributed by atoms with E-state index in [1.807, 2.05) is 30.3 Å². The maximum absolute atomic E-state index is 12.6. The molecule has 4 N–H and O–H groups in total. The van der Waals surface area contributed by atoms with Crippen LogP contribution in [0.4, 0.5) is 13.2 Å². The SMILES string of the molecule is COc1ccc(OC(F)(F)F)cc1CNC1CC(C(O)O)CNC1c1ccccc1. The minimum atomic E-state index is -4.78. The number of hydrogen-bond acceptors (Lipinski definition) is 6. The molecule has 9 heteroatoms. The van der Waals surface area contributed by atoms with Gasteiger partial charge in [0.1, 0.15) is 11.5 Å². The van der Waals surface area contributed by atoms with Gasteiger partial charge in [0.05, 0.1) is 7.11 Å². The van der Waals surface area contributed by atoms with Crippen LogP contribution in [0, 0.1) is 5.92 Å². The van der Waals surface area contributed by atoms with E-state index in [0.29, 0.717) is 24.3 Å². The largest absolute Gasteiger partial charge is 0.573 e. The molecule has 1 heterocycles. The van der Waals surface area contributed by atoms with E-state index >= 15 is 0 Å². The normalized spacial score (nSPS) is 22.2. The first-order valence-electron chi connectivity index (χ1n) is 9.57. The third kappa shape index (κ3) is 5.85. The van der Waals surface area contributed by atoms with E-state index in [1.165, 1.54) is 25.3 Å². The molecule has 1 fully saturated rings. The molecule has 0 aliphatic carbocycles. The Kier molecular flexibility index (Phi) is 7.19. The van der Waals surface area contributed by atoms with Crippen molar-refractivity contribution in [3.8, 4) is 11.5 Å². The molecule has 0 amide bonds. The number of nitrogens with one attached hydrogen (secondary N) is 2. The van der Waals surface area contributed by atoms with E-state index in [2.05, 4.69) is 15.4 Å². The number of piperidine rings is 1. The summed E-state index contributed by atoms with van der Waals surface area (Å²) in [5.74, 6) is -0.273. The van der Waals surface area contributed by atoms with Gasteiger partial charge >= 0.3 is 6.36 Å². The molecule has 2 aromatic carbocycles. The van der Waals surface area contributed by atoms with Gasteiger partial charge in [-0.2, -0.15) is 0 Å². The molecule has 0 bridgehead atoms. The van der Waals surface area contributed by atoms with Gasteiger partial charge in [0.25, 0.3) is 0 Å². The van der Waals surface area contributed by atoms with Gasteiger partial charge in [-0.3, -0.25) is 0 Å². The fourth-order valence-corrected chi connectivity index (χ4v) is 3.74. The lowest BCUT2D eigenvalue weighted by Crippen LogP contribution is -2.51. The highest BCUT2D eigenvalue weighted by atomic mass is 19.4. The molecule has 3 unspecified atom stereocenters.